The van der Waals surface area contributed by atoms with Crippen LogP contribution in [0.1, 0.15) is 12.6 Å². The van der Waals surface area contributed by atoms with Crippen molar-refractivity contribution in [2.75, 3.05) is 19.0 Å². The highest BCUT2D eigenvalue weighted by Crippen LogP contribution is 2.23. The normalized spacial score (nSPS) is 12.2. The number of carbonyl (C=O) groups excluding carboxylic acids is 1. The molecule has 16 heavy (non-hydrogen) atoms. The predicted molar refractivity (Wildman–Crippen MR) is 63.7 cm³/mol. The van der Waals surface area contributed by atoms with Crippen LogP contribution in [0.25, 0.3) is 0 Å². The number of aromatic nitrogens is 1. The standard InChI is InChI=1S/C11H15ClN2O2/c1-7(6-16-3)11(15)14-9-4-5-13-8(2)10(9)12/h4-5,7H,6H2,1-3H3,(H,13,14,15). The smallest absolute Gasteiger partial charge is 0.229 e. The van der Waals surface area contributed by atoms with Crippen molar-refractivity contribution in [3.05, 3.63) is 23.0 Å². The third-order valence-electron chi connectivity index (χ3n) is 2.19. The maximum absolute atomic E-state index is 11.7. The maximum Gasteiger partial charge on any atom is 0.229 e. The fraction of sp³-hybridized carbons (Fsp3) is 0.455. The molecule has 5 heteroatoms. The van der Waals surface area contributed by atoms with E-state index in [1.54, 1.807) is 33.2 Å². The average molecular weight is 243 g/mol. The van der Waals surface area contributed by atoms with E-state index in [2.05, 4.69) is 10.3 Å². The number of amides is 1. The summed E-state index contributed by atoms with van der Waals surface area (Å²) in [6.07, 6.45) is 1.61. The van der Waals surface area contributed by atoms with E-state index < -0.39 is 0 Å². The van der Waals surface area contributed by atoms with Crippen molar-refractivity contribution in [3.63, 3.8) is 0 Å². The molecule has 0 aromatic carbocycles. The van der Waals surface area contributed by atoms with Gasteiger partial charge < -0.3 is 10.1 Å². The lowest BCUT2D eigenvalue weighted by molar-refractivity contribution is -0.120. The van der Waals surface area contributed by atoms with Gasteiger partial charge in [0.2, 0.25) is 5.91 Å². The van der Waals surface area contributed by atoms with Crippen molar-refractivity contribution in [1.29, 1.82) is 0 Å². The first-order chi connectivity index (χ1) is 7.56. The molecule has 0 aliphatic rings. The van der Waals surface area contributed by atoms with Gasteiger partial charge in [-0.1, -0.05) is 18.5 Å². The molecule has 1 N–H and O–H groups in total. The van der Waals surface area contributed by atoms with E-state index in [1.165, 1.54) is 0 Å². The van der Waals surface area contributed by atoms with Crippen molar-refractivity contribution in [2.24, 2.45) is 5.92 Å². The first-order valence-corrected chi connectivity index (χ1v) is 5.35. The molecule has 1 unspecified atom stereocenters. The van der Waals surface area contributed by atoms with Crippen LogP contribution in [-0.4, -0.2) is 24.6 Å². The van der Waals surface area contributed by atoms with E-state index in [0.717, 1.165) is 0 Å². The molecular weight excluding hydrogens is 228 g/mol. The van der Waals surface area contributed by atoms with Crippen LogP contribution in [0.4, 0.5) is 5.69 Å². The fourth-order valence-corrected chi connectivity index (χ4v) is 1.39. The molecule has 0 aliphatic heterocycles. The summed E-state index contributed by atoms with van der Waals surface area (Å²) in [5.41, 5.74) is 1.28. The van der Waals surface area contributed by atoms with Crippen molar-refractivity contribution < 1.29 is 9.53 Å². The Bertz CT molecular complexity index is 382. The van der Waals surface area contributed by atoms with E-state index in [4.69, 9.17) is 16.3 Å². The zero-order valence-corrected chi connectivity index (χ0v) is 10.3. The van der Waals surface area contributed by atoms with Crippen LogP contribution in [0.15, 0.2) is 12.3 Å². The van der Waals surface area contributed by atoms with Crippen LogP contribution in [0.5, 0.6) is 0 Å². The van der Waals surface area contributed by atoms with Gasteiger partial charge in [-0.2, -0.15) is 0 Å². The summed E-state index contributed by atoms with van der Waals surface area (Å²) in [5, 5.41) is 3.22. The zero-order valence-electron chi connectivity index (χ0n) is 9.58. The number of halogens is 1. The minimum atomic E-state index is -0.213. The van der Waals surface area contributed by atoms with Gasteiger partial charge in [0.1, 0.15) is 0 Å². The Labute approximate surface area is 100.0 Å². The first-order valence-electron chi connectivity index (χ1n) is 4.97. The van der Waals surface area contributed by atoms with Crippen LogP contribution in [0, 0.1) is 12.8 Å². The molecule has 0 spiro atoms. The number of hydrogen-bond acceptors (Lipinski definition) is 3. The molecule has 0 bridgehead atoms. The van der Waals surface area contributed by atoms with Crippen LogP contribution in [0.3, 0.4) is 0 Å². The van der Waals surface area contributed by atoms with Gasteiger partial charge in [-0.05, 0) is 13.0 Å². The van der Waals surface area contributed by atoms with E-state index in [-0.39, 0.29) is 11.8 Å². The number of pyridine rings is 1. The van der Waals surface area contributed by atoms with Gasteiger partial charge in [0, 0.05) is 13.3 Å². The molecule has 4 nitrogen and oxygen atoms in total. The Morgan fingerprint density at radius 2 is 2.38 bits per heavy atom. The monoisotopic (exact) mass is 242 g/mol. The third kappa shape index (κ3) is 3.18. The molecule has 0 saturated carbocycles. The highest BCUT2D eigenvalue weighted by Gasteiger charge is 2.14. The second-order valence-corrected chi connectivity index (χ2v) is 3.98. The number of rotatable bonds is 4. The van der Waals surface area contributed by atoms with Crippen LogP contribution >= 0.6 is 11.6 Å². The molecule has 1 amide bonds. The summed E-state index contributed by atoms with van der Waals surface area (Å²) in [5.74, 6) is -0.330. The number of aryl methyl sites for hydroxylation is 1. The van der Waals surface area contributed by atoms with E-state index in [0.29, 0.717) is 23.0 Å². The summed E-state index contributed by atoms with van der Waals surface area (Å²) in [6, 6.07) is 1.67. The highest BCUT2D eigenvalue weighted by atomic mass is 35.5. The van der Waals surface area contributed by atoms with Crippen LogP contribution in [-0.2, 0) is 9.53 Å². The summed E-state index contributed by atoms with van der Waals surface area (Å²) >= 11 is 6.01. The SMILES string of the molecule is COCC(C)C(=O)Nc1ccnc(C)c1Cl. The van der Waals surface area contributed by atoms with Gasteiger partial charge in [0.15, 0.2) is 0 Å². The molecular formula is C11H15ClN2O2. The van der Waals surface area contributed by atoms with Gasteiger partial charge >= 0.3 is 0 Å². The van der Waals surface area contributed by atoms with E-state index in [1.807, 2.05) is 0 Å². The number of nitrogens with zero attached hydrogens (tertiary/aromatic N) is 1. The largest absolute Gasteiger partial charge is 0.384 e. The fourth-order valence-electron chi connectivity index (χ4n) is 1.23. The molecule has 0 radical (unpaired) electrons. The maximum atomic E-state index is 11.7. The molecule has 0 fully saturated rings. The second-order valence-electron chi connectivity index (χ2n) is 3.60. The van der Waals surface area contributed by atoms with Gasteiger partial charge in [-0.25, -0.2) is 0 Å². The van der Waals surface area contributed by atoms with Crippen molar-refractivity contribution >= 4 is 23.2 Å². The van der Waals surface area contributed by atoms with Gasteiger partial charge in [-0.15, -0.1) is 0 Å². The molecule has 1 atom stereocenters. The summed E-state index contributed by atoms with van der Waals surface area (Å²) in [6.45, 7) is 3.96. The lowest BCUT2D eigenvalue weighted by Gasteiger charge is -2.12. The van der Waals surface area contributed by atoms with Crippen LogP contribution < -0.4 is 5.32 Å². The summed E-state index contributed by atoms with van der Waals surface area (Å²) in [4.78, 5) is 15.7. The Hall–Kier alpha value is -1.13. The lowest BCUT2D eigenvalue weighted by Crippen LogP contribution is -2.24. The lowest BCUT2D eigenvalue weighted by atomic mass is 10.2. The van der Waals surface area contributed by atoms with Gasteiger partial charge in [-0.3, -0.25) is 9.78 Å². The Balaban J connectivity index is 2.73. The number of carbonyl (C=O) groups is 1. The molecule has 0 aliphatic carbocycles. The van der Waals surface area contributed by atoms with E-state index in [9.17, 15) is 4.79 Å². The van der Waals surface area contributed by atoms with Gasteiger partial charge in [0.05, 0.1) is 28.9 Å². The quantitative estimate of drug-likeness (QED) is 0.881. The summed E-state index contributed by atoms with van der Waals surface area (Å²) in [7, 11) is 1.56. The first kappa shape index (κ1) is 12.9. The minimum absolute atomic E-state index is 0.116. The Morgan fingerprint density at radius 3 is 3.00 bits per heavy atom. The van der Waals surface area contributed by atoms with Crippen molar-refractivity contribution in [2.45, 2.75) is 13.8 Å². The van der Waals surface area contributed by atoms with Crippen molar-refractivity contribution in [3.8, 4) is 0 Å². The van der Waals surface area contributed by atoms with Crippen molar-refractivity contribution in [1.82, 2.24) is 4.98 Å². The number of methoxy groups -OCH3 is 1. The molecule has 1 aromatic rings. The Morgan fingerprint density at radius 1 is 1.69 bits per heavy atom. The molecule has 0 saturated heterocycles. The molecule has 1 rings (SSSR count). The minimum Gasteiger partial charge on any atom is -0.384 e. The number of nitrogens with one attached hydrogen (secondary N) is 1. The molecule has 1 aromatic heterocycles. The summed E-state index contributed by atoms with van der Waals surface area (Å²) < 4.78 is 4.91. The highest BCUT2D eigenvalue weighted by molar-refractivity contribution is 6.34. The number of ether oxygens (including phenoxy) is 1. The predicted octanol–water partition coefficient (Wildman–Crippen LogP) is 2.26. The number of anilines is 1. The third-order valence-corrected chi connectivity index (χ3v) is 2.66. The molecule has 1 heterocycles. The second kappa shape index (κ2) is 5.82. The topological polar surface area (TPSA) is 51.2 Å². The Kier molecular flexibility index (Phi) is 4.71. The van der Waals surface area contributed by atoms with Crippen LogP contribution in [0.2, 0.25) is 5.02 Å². The zero-order chi connectivity index (χ0) is 12.1. The number of hydrogen-bond donors (Lipinski definition) is 1. The van der Waals surface area contributed by atoms with Gasteiger partial charge in [0.25, 0.3) is 0 Å². The van der Waals surface area contributed by atoms with E-state index >= 15 is 0 Å². The molecule has 88 valence electrons. The average Bonchev–Trinajstić information content (AvgIpc) is 2.25.